The van der Waals surface area contributed by atoms with E-state index in [1.807, 2.05) is 37.3 Å². The van der Waals surface area contributed by atoms with E-state index in [1.165, 1.54) is 0 Å². The Kier molecular flexibility index (Phi) is 2.99. The fourth-order valence-electron chi connectivity index (χ4n) is 1.62. The SMILES string of the molecule is CCOCC(C)(O)c1cc2ccccc2o1. The summed E-state index contributed by atoms with van der Waals surface area (Å²) in [5.74, 6) is 0.544. The third-order valence-corrected chi connectivity index (χ3v) is 2.54. The molecule has 3 nitrogen and oxygen atoms in total. The normalized spacial score (nSPS) is 15.2. The number of fused-ring (bicyclic) bond motifs is 1. The second-order valence-corrected chi connectivity index (χ2v) is 4.06. The summed E-state index contributed by atoms with van der Waals surface area (Å²) >= 11 is 0. The molecule has 0 spiro atoms. The molecule has 0 saturated heterocycles. The number of aliphatic hydroxyl groups is 1. The van der Waals surface area contributed by atoms with E-state index in [4.69, 9.17) is 9.15 Å². The first-order chi connectivity index (χ1) is 7.63. The number of para-hydroxylation sites is 1. The Morgan fingerprint density at radius 3 is 2.81 bits per heavy atom. The molecule has 0 aliphatic heterocycles. The van der Waals surface area contributed by atoms with Crippen LogP contribution in [0.1, 0.15) is 19.6 Å². The lowest BCUT2D eigenvalue weighted by Crippen LogP contribution is -2.27. The van der Waals surface area contributed by atoms with Crippen LogP contribution >= 0.6 is 0 Å². The first kappa shape index (κ1) is 11.2. The van der Waals surface area contributed by atoms with Gasteiger partial charge < -0.3 is 14.3 Å². The third kappa shape index (κ3) is 2.10. The maximum Gasteiger partial charge on any atom is 0.142 e. The molecule has 0 radical (unpaired) electrons. The summed E-state index contributed by atoms with van der Waals surface area (Å²) in [6.07, 6.45) is 0. The van der Waals surface area contributed by atoms with Gasteiger partial charge >= 0.3 is 0 Å². The molecular formula is C13H16O3. The topological polar surface area (TPSA) is 42.6 Å². The van der Waals surface area contributed by atoms with Crippen LogP contribution in [0.3, 0.4) is 0 Å². The summed E-state index contributed by atoms with van der Waals surface area (Å²) in [6, 6.07) is 9.55. The molecule has 1 unspecified atom stereocenters. The van der Waals surface area contributed by atoms with Gasteiger partial charge in [-0.15, -0.1) is 0 Å². The highest BCUT2D eigenvalue weighted by Crippen LogP contribution is 2.27. The minimum atomic E-state index is -1.07. The molecule has 1 N–H and O–H groups in total. The Morgan fingerprint density at radius 2 is 2.12 bits per heavy atom. The van der Waals surface area contributed by atoms with Crippen LogP contribution in [-0.4, -0.2) is 18.3 Å². The molecule has 0 aliphatic carbocycles. The van der Waals surface area contributed by atoms with Gasteiger partial charge in [0.1, 0.15) is 16.9 Å². The van der Waals surface area contributed by atoms with Gasteiger partial charge in [-0.2, -0.15) is 0 Å². The zero-order valence-electron chi connectivity index (χ0n) is 9.56. The van der Waals surface area contributed by atoms with Crippen molar-refractivity contribution in [2.24, 2.45) is 0 Å². The predicted octanol–water partition coefficient (Wildman–Crippen LogP) is 2.68. The van der Waals surface area contributed by atoms with Gasteiger partial charge in [0.2, 0.25) is 0 Å². The average Bonchev–Trinajstić information content (AvgIpc) is 2.71. The fourth-order valence-corrected chi connectivity index (χ4v) is 1.62. The molecular weight excluding hydrogens is 204 g/mol. The molecule has 1 heterocycles. The Balaban J connectivity index is 2.31. The van der Waals surface area contributed by atoms with Crippen LogP contribution in [0.4, 0.5) is 0 Å². The molecule has 0 bridgehead atoms. The van der Waals surface area contributed by atoms with Crippen LogP contribution in [0.2, 0.25) is 0 Å². The molecule has 2 rings (SSSR count). The second kappa shape index (κ2) is 4.28. The molecule has 2 aromatic rings. The molecule has 0 aliphatic rings. The number of hydrogen-bond acceptors (Lipinski definition) is 3. The lowest BCUT2D eigenvalue weighted by Gasteiger charge is -2.19. The van der Waals surface area contributed by atoms with Gasteiger partial charge in [0.15, 0.2) is 0 Å². The summed E-state index contributed by atoms with van der Waals surface area (Å²) < 4.78 is 10.8. The molecule has 0 saturated carbocycles. The van der Waals surface area contributed by atoms with E-state index >= 15 is 0 Å². The zero-order chi connectivity index (χ0) is 11.6. The van der Waals surface area contributed by atoms with Crippen molar-refractivity contribution < 1.29 is 14.3 Å². The van der Waals surface area contributed by atoms with Gasteiger partial charge in [0.05, 0.1) is 6.61 Å². The van der Waals surface area contributed by atoms with Crippen molar-refractivity contribution in [2.45, 2.75) is 19.4 Å². The van der Waals surface area contributed by atoms with Gasteiger partial charge in [-0.1, -0.05) is 18.2 Å². The van der Waals surface area contributed by atoms with Crippen LogP contribution in [0.15, 0.2) is 34.7 Å². The quantitative estimate of drug-likeness (QED) is 0.861. The number of benzene rings is 1. The summed E-state index contributed by atoms with van der Waals surface area (Å²) in [5.41, 5.74) is -0.288. The molecule has 3 heteroatoms. The minimum absolute atomic E-state index is 0.239. The Hall–Kier alpha value is -1.32. The monoisotopic (exact) mass is 220 g/mol. The highest BCUT2D eigenvalue weighted by Gasteiger charge is 2.27. The number of furan rings is 1. The van der Waals surface area contributed by atoms with Crippen LogP contribution < -0.4 is 0 Å². The molecule has 1 aromatic carbocycles. The van der Waals surface area contributed by atoms with Gasteiger partial charge in [-0.05, 0) is 26.0 Å². The molecule has 1 aromatic heterocycles. The van der Waals surface area contributed by atoms with E-state index in [0.29, 0.717) is 12.4 Å². The van der Waals surface area contributed by atoms with Crippen molar-refractivity contribution in [3.05, 3.63) is 36.1 Å². The summed E-state index contributed by atoms with van der Waals surface area (Å²) in [7, 11) is 0. The Labute approximate surface area is 94.6 Å². The maximum absolute atomic E-state index is 10.2. The average molecular weight is 220 g/mol. The molecule has 86 valence electrons. The van der Waals surface area contributed by atoms with E-state index < -0.39 is 5.60 Å². The standard InChI is InChI=1S/C13H16O3/c1-3-15-9-13(2,14)12-8-10-6-4-5-7-11(10)16-12/h4-8,14H,3,9H2,1-2H3. The summed E-state index contributed by atoms with van der Waals surface area (Å²) in [4.78, 5) is 0. The van der Waals surface area contributed by atoms with E-state index in [2.05, 4.69) is 0 Å². The van der Waals surface area contributed by atoms with E-state index in [9.17, 15) is 5.11 Å². The van der Waals surface area contributed by atoms with Crippen molar-refractivity contribution in [2.75, 3.05) is 13.2 Å². The summed E-state index contributed by atoms with van der Waals surface area (Å²) in [5, 5.41) is 11.2. The predicted molar refractivity (Wildman–Crippen MR) is 62.3 cm³/mol. The van der Waals surface area contributed by atoms with Crippen LogP contribution in [-0.2, 0) is 10.3 Å². The molecule has 0 fully saturated rings. The van der Waals surface area contributed by atoms with E-state index in [1.54, 1.807) is 6.92 Å². The highest BCUT2D eigenvalue weighted by atomic mass is 16.5. The maximum atomic E-state index is 10.2. The first-order valence-corrected chi connectivity index (χ1v) is 5.42. The van der Waals surface area contributed by atoms with Gasteiger partial charge in [0.25, 0.3) is 0 Å². The van der Waals surface area contributed by atoms with Crippen molar-refractivity contribution in [3.63, 3.8) is 0 Å². The van der Waals surface area contributed by atoms with Crippen LogP contribution in [0, 0.1) is 0 Å². The number of ether oxygens (including phenoxy) is 1. The number of rotatable bonds is 4. The highest BCUT2D eigenvalue weighted by molar-refractivity contribution is 5.77. The van der Waals surface area contributed by atoms with E-state index in [-0.39, 0.29) is 6.61 Å². The van der Waals surface area contributed by atoms with Crippen molar-refractivity contribution in [1.29, 1.82) is 0 Å². The minimum Gasteiger partial charge on any atom is -0.458 e. The summed E-state index contributed by atoms with van der Waals surface area (Å²) in [6.45, 7) is 4.41. The molecule has 16 heavy (non-hydrogen) atoms. The Morgan fingerprint density at radius 1 is 1.38 bits per heavy atom. The van der Waals surface area contributed by atoms with Crippen molar-refractivity contribution in [3.8, 4) is 0 Å². The van der Waals surface area contributed by atoms with Gasteiger partial charge in [-0.25, -0.2) is 0 Å². The Bertz CT molecular complexity index is 438. The zero-order valence-corrected chi connectivity index (χ0v) is 9.56. The van der Waals surface area contributed by atoms with E-state index in [0.717, 1.165) is 11.0 Å². The lowest BCUT2D eigenvalue weighted by atomic mass is 10.1. The van der Waals surface area contributed by atoms with Crippen LogP contribution in [0.5, 0.6) is 0 Å². The molecule has 0 amide bonds. The van der Waals surface area contributed by atoms with Crippen molar-refractivity contribution >= 4 is 11.0 Å². The largest absolute Gasteiger partial charge is 0.458 e. The smallest absolute Gasteiger partial charge is 0.142 e. The fraction of sp³-hybridized carbons (Fsp3) is 0.385. The van der Waals surface area contributed by atoms with Gasteiger partial charge in [0, 0.05) is 12.0 Å². The van der Waals surface area contributed by atoms with Crippen LogP contribution in [0.25, 0.3) is 11.0 Å². The number of hydrogen-bond donors (Lipinski definition) is 1. The third-order valence-electron chi connectivity index (χ3n) is 2.54. The first-order valence-electron chi connectivity index (χ1n) is 5.42. The van der Waals surface area contributed by atoms with Crippen molar-refractivity contribution in [1.82, 2.24) is 0 Å². The molecule has 1 atom stereocenters. The second-order valence-electron chi connectivity index (χ2n) is 4.06. The van der Waals surface area contributed by atoms with Gasteiger partial charge in [-0.3, -0.25) is 0 Å². The lowest BCUT2D eigenvalue weighted by molar-refractivity contribution is -0.0470.